The predicted molar refractivity (Wildman–Crippen MR) is 169 cm³/mol. The van der Waals surface area contributed by atoms with Crippen molar-refractivity contribution < 1.29 is 28.6 Å². The maximum atomic E-state index is 13.3. The van der Waals surface area contributed by atoms with E-state index < -0.39 is 10.8 Å². The molecule has 0 spiro atoms. The molecule has 0 saturated heterocycles. The van der Waals surface area contributed by atoms with Crippen molar-refractivity contribution in [1.82, 2.24) is 0 Å². The highest BCUT2D eigenvalue weighted by molar-refractivity contribution is 6.07. The van der Waals surface area contributed by atoms with Crippen LogP contribution in [0.5, 0.6) is 17.2 Å². The number of carbonyl (C=O) groups excluding carboxylic acids is 3. The van der Waals surface area contributed by atoms with Gasteiger partial charge in [0.05, 0.1) is 23.0 Å². The second-order valence-electron chi connectivity index (χ2n) is 12.2. The maximum Gasteiger partial charge on any atom is 0.316 e. The molecule has 0 N–H and O–H groups in total. The summed E-state index contributed by atoms with van der Waals surface area (Å²) in [4.78, 5) is 38.6. The van der Waals surface area contributed by atoms with Crippen molar-refractivity contribution in [2.24, 2.45) is 10.8 Å². The summed E-state index contributed by atoms with van der Waals surface area (Å²) in [6.07, 6.45) is 13.0. The Bertz CT molecular complexity index is 1330. The molecule has 0 aromatic heterocycles. The standard InChI is InChI=1S/C36H46O6/c1-10-13-15-26-24-27(16-14-11-2)32(42-34(39)36(7,8)9)29(31(26)40-23-12-3)21-22-30(37)25-17-19-28(20-18-25)41-33(38)35(4,5)6/h10-11,13-14,17-22,24H,12,15-16,23H2,1-9H3. The van der Waals surface area contributed by atoms with Crippen LogP contribution in [0.25, 0.3) is 6.08 Å². The molecular weight excluding hydrogens is 528 g/mol. The number of hydrogen-bond donors (Lipinski definition) is 0. The number of carbonyl (C=O) groups is 3. The van der Waals surface area contributed by atoms with Gasteiger partial charge in [-0.25, -0.2) is 0 Å². The van der Waals surface area contributed by atoms with E-state index in [9.17, 15) is 14.4 Å². The third-order valence-corrected chi connectivity index (χ3v) is 6.19. The largest absolute Gasteiger partial charge is 0.493 e. The van der Waals surface area contributed by atoms with Gasteiger partial charge in [-0.15, -0.1) is 0 Å². The molecule has 0 bridgehead atoms. The average molecular weight is 575 g/mol. The van der Waals surface area contributed by atoms with Gasteiger partial charge < -0.3 is 14.2 Å². The third kappa shape index (κ3) is 9.86. The summed E-state index contributed by atoms with van der Waals surface area (Å²) < 4.78 is 17.7. The molecule has 0 aliphatic rings. The molecule has 2 rings (SSSR count). The van der Waals surface area contributed by atoms with Crippen LogP contribution in [0, 0.1) is 10.8 Å². The Labute approximate surface area is 251 Å². The molecule has 0 aliphatic heterocycles. The van der Waals surface area contributed by atoms with E-state index in [0.717, 1.165) is 17.5 Å². The number of ketones is 1. The molecule has 6 nitrogen and oxygen atoms in total. The van der Waals surface area contributed by atoms with E-state index in [-0.39, 0.29) is 17.7 Å². The lowest BCUT2D eigenvalue weighted by molar-refractivity contribution is -0.143. The SMILES string of the molecule is CC=CCc1cc(CC=CC)c(OC(=O)C(C)(C)C)c(C=CC(=O)c2ccc(OC(=O)C(C)(C)C)cc2)c1OCCC. The van der Waals surface area contributed by atoms with Crippen molar-refractivity contribution in [1.29, 1.82) is 0 Å². The fourth-order valence-corrected chi connectivity index (χ4v) is 3.68. The Morgan fingerprint density at radius 1 is 0.762 bits per heavy atom. The first-order valence-corrected chi connectivity index (χ1v) is 14.5. The normalized spacial score (nSPS) is 12.3. The minimum absolute atomic E-state index is 0.257. The smallest absolute Gasteiger partial charge is 0.316 e. The van der Waals surface area contributed by atoms with E-state index >= 15 is 0 Å². The Hall–Kier alpha value is -3.93. The van der Waals surface area contributed by atoms with Gasteiger partial charge in [-0.3, -0.25) is 14.4 Å². The lowest BCUT2D eigenvalue weighted by Gasteiger charge is -2.23. The molecular formula is C36H46O6. The number of benzene rings is 2. The Morgan fingerprint density at radius 2 is 1.29 bits per heavy atom. The van der Waals surface area contributed by atoms with Gasteiger partial charge in [0.2, 0.25) is 0 Å². The minimum atomic E-state index is -0.735. The van der Waals surface area contributed by atoms with Crippen molar-refractivity contribution in [2.45, 2.75) is 81.6 Å². The second-order valence-corrected chi connectivity index (χ2v) is 12.2. The summed E-state index contributed by atoms with van der Waals surface area (Å²) in [7, 11) is 0. The van der Waals surface area contributed by atoms with Crippen LogP contribution in [-0.2, 0) is 22.4 Å². The zero-order valence-electron chi connectivity index (χ0n) is 26.6. The summed E-state index contributed by atoms with van der Waals surface area (Å²) >= 11 is 0. The maximum absolute atomic E-state index is 13.3. The van der Waals surface area contributed by atoms with Gasteiger partial charge in [0, 0.05) is 5.56 Å². The van der Waals surface area contributed by atoms with Gasteiger partial charge in [-0.05, 0) is 128 Å². The molecule has 0 unspecified atom stereocenters. The van der Waals surface area contributed by atoms with Gasteiger partial charge in [0.1, 0.15) is 17.2 Å². The quantitative estimate of drug-likeness (QED) is 0.0831. The van der Waals surface area contributed by atoms with Crippen molar-refractivity contribution in [2.75, 3.05) is 6.61 Å². The molecule has 0 saturated carbocycles. The topological polar surface area (TPSA) is 78.9 Å². The molecule has 0 fully saturated rings. The van der Waals surface area contributed by atoms with Crippen LogP contribution in [0.15, 0.2) is 60.7 Å². The molecule has 0 heterocycles. The fourth-order valence-electron chi connectivity index (χ4n) is 3.68. The molecule has 2 aromatic rings. The molecule has 42 heavy (non-hydrogen) atoms. The van der Waals surface area contributed by atoms with E-state index in [0.29, 0.717) is 47.8 Å². The first-order valence-electron chi connectivity index (χ1n) is 14.5. The summed E-state index contributed by atoms with van der Waals surface area (Å²) in [5.41, 5.74) is 1.36. The van der Waals surface area contributed by atoms with Crippen LogP contribution in [0.3, 0.4) is 0 Å². The molecule has 226 valence electrons. The summed E-state index contributed by atoms with van der Waals surface area (Å²) in [6, 6.07) is 8.46. The highest BCUT2D eigenvalue weighted by Gasteiger charge is 2.28. The Morgan fingerprint density at radius 3 is 1.79 bits per heavy atom. The lowest BCUT2D eigenvalue weighted by Crippen LogP contribution is -2.26. The summed E-state index contributed by atoms with van der Waals surface area (Å²) in [5.74, 6) is 0.346. The third-order valence-electron chi connectivity index (χ3n) is 6.19. The van der Waals surface area contributed by atoms with Gasteiger partial charge in [0.15, 0.2) is 5.78 Å². The first-order chi connectivity index (χ1) is 19.7. The molecule has 2 aromatic carbocycles. The Kier molecular flexibility index (Phi) is 12.5. The molecule has 0 aliphatic carbocycles. The second kappa shape index (κ2) is 15.3. The average Bonchev–Trinajstić information content (AvgIpc) is 2.92. The zero-order valence-corrected chi connectivity index (χ0v) is 26.6. The highest BCUT2D eigenvalue weighted by Crippen LogP contribution is 2.39. The minimum Gasteiger partial charge on any atom is -0.493 e. The van der Waals surface area contributed by atoms with E-state index in [1.54, 1.807) is 71.9 Å². The number of esters is 2. The van der Waals surface area contributed by atoms with E-state index in [2.05, 4.69) is 0 Å². The fraction of sp³-hybridized carbons (Fsp3) is 0.417. The van der Waals surface area contributed by atoms with Crippen LogP contribution >= 0.6 is 0 Å². The van der Waals surface area contributed by atoms with Crippen LogP contribution < -0.4 is 14.2 Å². The molecule has 0 amide bonds. The number of allylic oxidation sites excluding steroid dienone is 5. The number of rotatable bonds is 12. The molecule has 0 radical (unpaired) electrons. The van der Waals surface area contributed by atoms with Gasteiger partial charge >= 0.3 is 11.9 Å². The van der Waals surface area contributed by atoms with Crippen molar-refractivity contribution in [3.05, 3.63) is 83.0 Å². The van der Waals surface area contributed by atoms with Crippen molar-refractivity contribution in [3.8, 4) is 17.2 Å². The van der Waals surface area contributed by atoms with Crippen LogP contribution in [-0.4, -0.2) is 24.3 Å². The summed E-state index contributed by atoms with van der Waals surface area (Å²) in [5, 5.41) is 0. The number of hydrogen-bond acceptors (Lipinski definition) is 6. The van der Waals surface area contributed by atoms with Crippen molar-refractivity contribution >= 4 is 23.8 Å². The van der Waals surface area contributed by atoms with Gasteiger partial charge in [0.25, 0.3) is 0 Å². The summed E-state index contributed by atoms with van der Waals surface area (Å²) in [6.45, 7) is 17.1. The lowest BCUT2D eigenvalue weighted by atomic mass is 9.95. The predicted octanol–water partition coefficient (Wildman–Crippen LogP) is 8.51. The van der Waals surface area contributed by atoms with E-state index in [1.165, 1.54) is 6.08 Å². The van der Waals surface area contributed by atoms with Gasteiger partial charge in [-0.2, -0.15) is 0 Å². The van der Waals surface area contributed by atoms with Crippen LogP contribution in [0.1, 0.15) is 95.8 Å². The highest BCUT2D eigenvalue weighted by atomic mass is 16.5. The van der Waals surface area contributed by atoms with Crippen LogP contribution in [0.4, 0.5) is 0 Å². The van der Waals surface area contributed by atoms with E-state index in [1.807, 2.05) is 51.1 Å². The van der Waals surface area contributed by atoms with Crippen LogP contribution in [0.2, 0.25) is 0 Å². The monoisotopic (exact) mass is 574 g/mol. The van der Waals surface area contributed by atoms with Crippen molar-refractivity contribution in [3.63, 3.8) is 0 Å². The van der Waals surface area contributed by atoms with E-state index in [4.69, 9.17) is 14.2 Å². The molecule has 6 heteroatoms. The Balaban J connectivity index is 2.64. The van der Waals surface area contributed by atoms with Gasteiger partial charge in [-0.1, -0.05) is 31.2 Å². The number of ether oxygens (including phenoxy) is 3. The first kappa shape index (κ1) is 34.3. The zero-order chi connectivity index (χ0) is 31.5. The molecule has 0 atom stereocenters.